The van der Waals surface area contributed by atoms with Crippen LogP contribution in [-0.4, -0.2) is 0 Å². The molecule has 1 aromatic carbocycles. The normalized spacial score (nSPS) is 24.1. The highest BCUT2D eigenvalue weighted by atomic mass is 14.3. The summed E-state index contributed by atoms with van der Waals surface area (Å²) in [6.45, 7) is 16.8. The van der Waals surface area contributed by atoms with Gasteiger partial charge in [0.2, 0.25) is 0 Å². The summed E-state index contributed by atoms with van der Waals surface area (Å²) < 4.78 is 0. The van der Waals surface area contributed by atoms with Crippen LogP contribution in [-0.2, 0) is 6.42 Å². The third-order valence-corrected chi connectivity index (χ3v) is 6.32. The molecule has 4 unspecified atom stereocenters. The van der Waals surface area contributed by atoms with E-state index in [1.807, 2.05) is 0 Å². The van der Waals surface area contributed by atoms with Crippen molar-refractivity contribution in [2.45, 2.75) is 86.0 Å². The maximum atomic E-state index is 2.44. The smallest absolute Gasteiger partial charge is 0.0159 e. The molecule has 0 aliphatic heterocycles. The van der Waals surface area contributed by atoms with E-state index in [1.54, 1.807) is 16.7 Å². The molecule has 0 radical (unpaired) electrons. The standard InChI is InChI=1S/C22H36/c1-8-18(22(5,6)7)13-12-15(2)19-10-9-11-20-17(4)16(3)14-21(19)20/h9-11,15-18H,8,12-14H2,1-7H3. The van der Waals surface area contributed by atoms with Gasteiger partial charge in [0.15, 0.2) is 0 Å². The van der Waals surface area contributed by atoms with Crippen molar-refractivity contribution < 1.29 is 0 Å². The second-order valence-corrected chi connectivity index (χ2v) is 8.83. The Kier molecular flexibility index (Phi) is 5.41. The topological polar surface area (TPSA) is 0 Å². The third kappa shape index (κ3) is 3.58. The molecule has 0 N–H and O–H groups in total. The van der Waals surface area contributed by atoms with Gasteiger partial charge in [-0.3, -0.25) is 0 Å². The lowest BCUT2D eigenvalue weighted by Gasteiger charge is -2.31. The molecule has 0 bridgehead atoms. The van der Waals surface area contributed by atoms with E-state index in [9.17, 15) is 0 Å². The lowest BCUT2D eigenvalue weighted by molar-refractivity contribution is 0.211. The van der Waals surface area contributed by atoms with Gasteiger partial charge in [0, 0.05) is 0 Å². The SMILES string of the molecule is CCC(CCC(C)c1cccc2c1CC(C)C2C)C(C)(C)C. The molecule has 1 aromatic rings. The van der Waals surface area contributed by atoms with E-state index in [0.717, 1.165) is 17.8 Å². The Morgan fingerprint density at radius 2 is 1.82 bits per heavy atom. The van der Waals surface area contributed by atoms with Gasteiger partial charge in [0.05, 0.1) is 0 Å². The summed E-state index contributed by atoms with van der Waals surface area (Å²) in [5.41, 5.74) is 5.38. The fourth-order valence-corrected chi connectivity index (χ4v) is 4.41. The molecular formula is C22H36. The Labute approximate surface area is 138 Å². The third-order valence-electron chi connectivity index (χ3n) is 6.32. The minimum absolute atomic E-state index is 0.441. The van der Waals surface area contributed by atoms with Crippen molar-refractivity contribution in [3.05, 3.63) is 34.9 Å². The van der Waals surface area contributed by atoms with Crippen molar-refractivity contribution in [1.82, 2.24) is 0 Å². The van der Waals surface area contributed by atoms with Crippen LogP contribution in [0, 0.1) is 17.3 Å². The van der Waals surface area contributed by atoms with Crippen LogP contribution in [0.5, 0.6) is 0 Å². The predicted octanol–water partition coefficient (Wildman–Crippen LogP) is 6.94. The number of benzene rings is 1. The largest absolute Gasteiger partial charge is 0.0651 e. The van der Waals surface area contributed by atoms with Gasteiger partial charge in [-0.15, -0.1) is 0 Å². The summed E-state index contributed by atoms with van der Waals surface area (Å²) in [4.78, 5) is 0. The summed E-state index contributed by atoms with van der Waals surface area (Å²) in [5, 5.41) is 0. The Morgan fingerprint density at radius 3 is 2.41 bits per heavy atom. The highest BCUT2D eigenvalue weighted by Crippen LogP contribution is 2.42. The van der Waals surface area contributed by atoms with Gasteiger partial charge >= 0.3 is 0 Å². The first-order valence-electron chi connectivity index (χ1n) is 9.37. The molecule has 22 heavy (non-hydrogen) atoms. The Bertz CT molecular complexity index is 491. The first kappa shape index (κ1) is 17.6. The van der Waals surface area contributed by atoms with Crippen LogP contribution in [0.3, 0.4) is 0 Å². The fraction of sp³-hybridized carbons (Fsp3) is 0.727. The molecule has 0 saturated heterocycles. The minimum atomic E-state index is 0.441. The van der Waals surface area contributed by atoms with Crippen molar-refractivity contribution in [2.24, 2.45) is 17.3 Å². The van der Waals surface area contributed by atoms with Gasteiger partial charge in [-0.25, -0.2) is 0 Å². The summed E-state index contributed by atoms with van der Waals surface area (Å²) >= 11 is 0. The molecule has 0 fully saturated rings. The molecule has 0 amide bonds. The van der Waals surface area contributed by atoms with E-state index in [0.29, 0.717) is 11.3 Å². The van der Waals surface area contributed by atoms with Gasteiger partial charge in [0.25, 0.3) is 0 Å². The Morgan fingerprint density at radius 1 is 1.14 bits per heavy atom. The fourth-order valence-electron chi connectivity index (χ4n) is 4.41. The highest BCUT2D eigenvalue weighted by Gasteiger charge is 2.29. The molecule has 0 spiro atoms. The lowest BCUT2D eigenvalue weighted by atomic mass is 9.75. The first-order chi connectivity index (χ1) is 10.3. The Hall–Kier alpha value is -0.780. The second kappa shape index (κ2) is 6.77. The maximum Gasteiger partial charge on any atom is -0.0159 e. The highest BCUT2D eigenvalue weighted by molar-refractivity contribution is 5.43. The van der Waals surface area contributed by atoms with E-state index in [-0.39, 0.29) is 0 Å². The van der Waals surface area contributed by atoms with Crippen LogP contribution >= 0.6 is 0 Å². The number of fused-ring (bicyclic) bond motifs is 1. The number of hydrogen-bond donors (Lipinski definition) is 0. The molecule has 0 heteroatoms. The van der Waals surface area contributed by atoms with Gasteiger partial charge in [0.1, 0.15) is 0 Å². The zero-order chi connectivity index (χ0) is 16.5. The maximum absolute atomic E-state index is 2.44. The van der Waals surface area contributed by atoms with Crippen LogP contribution in [0.15, 0.2) is 18.2 Å². The summed E-state index contributed by atoms with van der Waals surface area (Å²) in [7, 11) is 0. The van der Waals surface area contributed by atoms with Crippen LogP contribution < -0.4 is 0 Å². The number of hydrogen-bond acceptors (Lipinski definition) is 0. The van der Waals surface area contributed by atoms with Crippen LogP contribution in [0.1, 0.15) is 96.3 Å². The van der Waals surface area contributed by atoms with Gasteiger partial charge in [-0.1, -0.05) is 73.1 Å². The van der Waals surface area contributed by atoms with E-state index < -0.39 is 0 Å². The molecule has 1 aliphatic carbocycles. The zero-order valence-electron chi connectivity index (χ0n) is 15.9. The summed E-state index contributed by atoms with van der Waals surface area (Å²) in [5.74, 6) is 3.08. The average molecular weight is 301 g/mol. The molecule has 4 atom stereocenters. The lowest BCUT2D eigenvalue weighted by Crippen LogP contribution is -2.20. The van der Waals surface area contributed by atoms with Crippen molar-refractivity contribution in [2.75, 3.05) is 0 Å². The Balaban J connectivity index is 2.10. The van der Waals surface area contributed by atoms with Gasteiger partial charge < -0.3 is 0 Å². The monoisotopic (exact) mass is 300 g/mol. The second-order valence-electron chi connectivity index (χ2n) is 8.83. The van der Waals surface area contributed by atoms with E-state index in [2.05, 4.69) is 66.7 Å². The summed E-state index contributed by atoms with van der Waals surface area (Å²) in [6, 6.07) is 7.05. The van der Waals surface area contributed by atoms with Crippen molar-refractivity contribution in [1.29, 1.82) is 0 Å². The number of rotatable bonds is 5. The molecule has 0 nitrogen and oxygen atoms in total. The van der Waals surface area contributed by atoms with E-state index >= 15 is 0 Å². The molecule has 0 heterocycles. The van der Waals surface area contributed by atoms with Crippen LogP contribution in [0.2, 0.25) is 0 Å². The average Bonchev–Trinajstić information content (AvgIpc) is 2.73. The summed E-state index contributed by atoms with van der Waals surface area (Å²) in [6.07, 6.45) is 5.27. The van der Waals surface area contributed by atoms with Crippen LogP contribution in [0.25, 0.3) is 0 Å². The molecule has 0 aromatic heterocycles. The van der Waals surface area contributed by atoms with Gasteiger partial charge in [-0.2, -0.15) is 0 Å². The molecule has 0 saturated carbocycles. The van der Waals surface area contributed by atoms with Crippen molar-refractivity contribution >= 4 is 0 Å². The quantitative estimate of drug-likeness (QED) is 0.552. The minimum Gasteiger partial charge on any atom is -0.0651 e. The van der Waals surface area contributed by atoms with Gasteiger partial charge in [-0.05, 0) is 65.0 Å². The molecule has 124 valence electrons. The van der Waals surface area contributed by atoms with E-state index in [4.69, 9.17) is 0 Å². The zero-order valence-corrected chi connectivity index (χ0v) is 15.9. The molecular weight excluding hydrogens is 264 g/mol. The van der Waals surface area contributed by atoms with Crippen LogP contribution in [0.4, 0.5) is 0 Å². The first-order valence-corrected chi connectivity index (χ1v) is 9.37. The molecule has 1 aliphatic rings. The van der Waals surface area contributed by atoms with E-state index in [1.165, 1.54) is 25.7 Å². The van der Waals surface area contributed by atoms with Crippen molar-refractivity contribution in [3.8, 4) is 0 Å². The molecule has 2 rings (SSSR count). The predicted molar refractivity (Wildman–Crippen MR) is 98.6 cm³/mol. The van der Waals surface area contributed by atoms with Crippen molar-refractivity contribution in [3.63, 3.8) is 0 Å².